The molecule has 0 aromatic carbocycles. The van der Waals surface area contributed by atoms with E-state index in [9.17, 15) is 4.79 Å². The highest BCUT2D eigenvalue weighted by Gasteiger charge is 2.25. The molecule has 1 aromatic rings. The maximum Gasteiger partial charge on any atom is 0.272 e. The highest BCUT2D eigenvalue weighted by atomic mass is 35.5. The van der Waals surface area contributed by atoms with Gasteiger partial charge in [0, 0.05) is 24.8 Å². The molecule has 6 heteroatoms. The summed E-state index contributed by atoms with van der Waals surface area (Å²) >= 11 is 0. The molecular weight excluding hydrogens is 261 g/mol. The lowest BCUT2D eigenvalue weighted by Crippen LogP contribution is -2.32. The van der Waals surface area contributed by atoms with Gasteiger partial charge in [-0.05, 0) is 25.5 Å². The number of amides is 1. The summed E-state index contributed by atoms with van der Waals surface area (Å²) < 4.78 is 0. The predicted molar refractivity (Wildman–Crippen MR) is 72.0 cm³/mol. The van der Waals surface area contributed by atoms with Gasteiger partial charge < -0.3 is 10.6 Å². The number of aromatic nitrogens is 1. The van der Waals surface area contributed by atoms with E-state index in [4.69, 9.17) is 5.73 Å². The summed E-state index contributed by atoms with van der Waals surface area (Å²) in [7, 11) is 0. The molecule has 0 aliphatic carbocycles. The molecule has 1 aliphatic rings. The van der Waals surface area contributed by atoms with Crippen LogP contribution in [0.3, 0.4) is 0 Å². The van der Waals surface area contributed by atoms with Gasteiger partial charge in [0.15, 0.2) is 0 Å². The van der Waals surface area contributed by atoms with Crippen molar-refractivity contribution in [3.63, 3.8) is 0 Å². The van der Waals surface area contributed by atoms with Crippen LogP contribution in [0.4, 0.5) is 0 Å². The first-order valence-corrected chi connectivity index (χ1v) is 5.15. The molecule has 0 spiro atoms. The molecule has 0 bridgehead atoms. The SMILES string of the molecule is Cc1cccc(C(=O)N2CCC(N)C2)n1.Cl.Cl. The zero-order valence-electron chi connectivity index (χ0n) is 9.63. The number of aryl methyl sites for hydroxylation is 1. The molecule has 1 aliphatic heterocycles. The molecule has 1 aromatic heterocycles. The molecule has 4 nitrogen and oxygen atoms in total. The van der Waals surface area contributed by atoms with Gasteiger partial charge in [0.05, 0.1) is 0 Å². The largest absolute Gasteiger partial charge is 0.336 e. The highest BCUT2D eigenvalue weighted by molar-refractivity contribution is 5.92. The molecule has 1 fully saturated rings. The van der Waals surface area contributed by atoms with Crippen molar-refractivity contribution in [3.05, 3.63) is 29.6 Å². The van der Waals surface area contributed by atoms with E-state index in [0.29, 0.717) is 12.2 Å². The van der Waals surface area contributed by atoms with E-state index in [-0.39, 0.29) is 36.8 Å². The van der Waals surface area contributed by atoms with Gasteiger partial charge in [0.25, 0.3) is 5.91 Å². The third-order valence-electron chi connectivity index (χ3n) is 2.62. The van der Waals surface area contributed by atoms with Crippen LogP contribution in [0.5, 0.6) is 0 Å². The lowest BCUT2D eigenvalue weighted by atomic mass is 10.3. The number of hydrogen-bond donors (Lipinski definition) is 1. The average molecular weight is 278 g/mol. The fourth-order valence-electron chi connectivity index (χ4n) is 1.80. The number of nitrogens with two attached hydrogens (primary N) is 1. The fraction of sp³-hybridized carbons (Fsp3) is 0.455. The monoisotopic (exact) mass is 277 g/mol. The molecule has 1 atom stereocenters. The average Bonchev–Trinajstić information content (AvgIpc) is 2.64. The topological polar surface area (TPSA) is 59.2 Å². The normalized spacial score (nSPS) is 18.2. The van der Waals surface area contributed by atoms with Crippen LogP contribution in [0.15, 0.2) is 18.2 Å². The van der Waals surface area contributed by atoms with Crippen LogP contribution in [-0.4, -0.2) is 34.9 Å². The van der Waals surface area contributed by atoms with Gasteiger partial charge in [-0.2, -0.15) is 0 Å². The Kier molecular flexibility index (Phi) is 6.45. The predicted octanol–water partition coefficient (Wildman–Crippen LogP) is 1.41. The summed E-state index contributed by atoms with van der Waals surface area (Å²) in [6, 6.07) is 5.61. The Balaban J connectivity index is 0.00000128. The Hall–Kier alpha value is -0.840. The van der Waals surface area contributed by atoms with E-state index in [1.807, 2.05) is 19.1 Å². The molecule has 0 radical (unpaired) electrons. The van der Waals surface area contributed by atoms with Crippen molar-refractivity contribution < 1.29 is 4.79 Å². The van der Waals surface area contributed by atoms with Crippen LogP contribution in [0.2, 0.25) is 0 Å². The number of carbonyl (C=O) groups is 1. The minimum absolute atomic E-state index is 0. The van der Waals surface area contributed by atoms with Crippen molar-refractivity contribution in [1.29, 1.82) is 0 Å². The Morgan fingerprint density at radius 1 is 1.47 bits per heavy atom. The molecule has 1 amide bonds. The van der Waals surface area contributed by atoms with Gasteiger partial charge in [-0.1, -0.05) is 6.07 Å². The van der Waals surface area contributed by atoms with Gasteiger partial charge in [-0.3, -0.25) is 4.79 Å². The summed E-state index contributed by atoms with van der Waals surface area (Å²) in [4.78, 5) is 17.9. The summed E-state index contributed by atoms with van der Waals surface area (Å²) in [6.45, 7) is 3.27. The molecule has 96 valence electrons. The standard InChI is InChI=1S/C11H15N3O.2ClH/c1-8-3-2-4-10(13-8)11(15)14-6-5-9(12)7-14;;/h2-4,9H,5-7,12H2,1H3;2*1H. The first-order chi connectivity index (χ1) is 7.16. The van der Waals surface area contributed by atoms with E-state index in [1.54, 1.807) is 11.0 Å². The smallest absolute Gasteiger partial charge is 0.272 e. The minimum atomic E-state index is -0.00773. The Morgan fingerprint density at radius 2 is 2.18 bits per heavy atom. The second-order valence-corrected chi connectivity index (χ2v) is 3.96. The summed E-state index contributed by atoms with van der Waals surface area (Å²) in [5, 5.41) is 0. The molecule has 2 heterocycles. The first-order valence-electron chi connectivity index (χ1n) is 5.15. The van der Waals surface area contributed by atoms with Crippen molar-refractivity contribution in [2.45, 2.75) is 19.4 Å². The molecule has 2 N–H and O–H groups in total. The number of nitrogens with zero attached hydrogens (tertiary/aromatic N) is 2. The molecular formula is C11H17Cl2N3O. The molecule has 2 rings (SSSR count). The molecule has 1 saturated heterocycles. The van der Waals surface area contributed by atoms with Crippen molar-refractivity contribution in [1.82, 2.24) is 9.88 Å². The molecule has 17 heavy (non-hydrogen) atoms. The number of pyridine rings is 1. The lowest BCUT2D eigenvalue weighted by molar-refractivity contribution is 0.0785. The summed E-state index contributed by atoms with van der Waals surface area (Å²) in [5.74, 6) is -0.00773. The van der Waals surface area contributed by atoms with Crippen LogP contribution in [0.25, 0.3) is 0 Å². The lowest BCUT2D eigenvalue weighted by Gasteiger charge is -2.15. The van der Waals surface area contributed by atoms with Crippen LogP contribution in [0.1, 0.15) is 22.6 Å². The Bertz CT molecular complexity index is 387. The maximum absolute atomic E-state index is 12.0. The third-order valence-corrected chi connectivity index (χ3v) is 2.62. The van der Waals surface area contributed by atoms with Crippen LogP contribution < -0.4 is 5.73 Å². The van der Waals surface area contributed by atoms with Crippen molar-refractivity contribution in [2.24, 2.45) is 5.73 Å². The first kappa shape index (κ1) is 16.2. The number of likely N-dealkylation sites (tertiary alicyclic amines) is 1. The Morgan fingerprint density at radius 3 is 2.71 bits per heavy atom. The van der Waals surface area contributed by atoms with Crippen LogP contribution in [-0.2, 0) is 0 Å². The summed E-state index contributed by atoms with van der Waals surface area (Å²) in [5.41, 5.74) is 7.14. The van der Waals surface area contributed by atoms with E-state index in [2.05, 4.69) is 4.98 Å². The Labute approximate surface area is 113 Å². The number of rotatable bonds is 1. The minimum Gasteiger partial charge on any atom is -0.336 e. The van der Waals surface area contributed by atoms with E-state index < -0.39 is 0 Å². The number of halogens is 2. The van der Waals surface area contributed by atoms with Gasteiger partial charge in [0.1, 0.15) is 5.69 Å². The van der Waals surface area contributed by atoms with Crippen molar-refractivity contribution in [3.8, 4) is 0 Å². The number of hydrogen-bond acceptors (Lipinski definition) is 3. The quantitative estimate of drug-likeness (QED) is 0.845. The van der Waals surface area contributed by atoms with Crippen molar-refractivity contribution >= 4 is 30.7 Å². The van der Waals surface area contributed by atoms with E-state index in [0.717, 1.165) is 18.7 Å². The van der Waals surface area contributed by atoms with Crippen LogP contribution >= 0.6 is 24.8 Å². The van der Waals surface area contributed by atoms with Gasteiger partial charge in [0.2, 0.25) is 0 Å². The van der Waals surface area contributed by atoms with Gasteiger partial charge in [-0.25, -0.2) is 4.98 Å². The van der Waals surface area contributed by atoms with E-state index in [1.165, 1.54) is 0 Å². The zero-order chi connectivity index (χ0) is 10.8. The van der Waals surface area contributed by atoms with E-state index >= 15 is 0 Å². The second-order valence-electron chi connectivity index (χ2n) is 3.96. The maximum atomic E-state index is 12.0. The zero-order valence-corrected chi connectivity index (χ0v) is 11.3. The highest BCUT2D eigenvalue weighted by Crippen LogP contribution is 2.11. The number of carbonyl (C=O) groups excluding carboxylic acids is 1. The molecule has 0 saturated carbocycles. The third kappa shape index (κ3) is 3.84. The van der Waals surface area contributed by atoms with Gasteiger partial charge >= 0.3 is 0 Å². The second kappa shape index (κ2) is 6.79. The van der Waals surface area contributed by atoms with Crippen LogP contribution in [0, 0.1) is 6.92 Å². The molecule has 1 unspecified atom stereocenters. The summed E-state index contributed by atoms with van der Waals surface area (Å²) in [6.07, 6.45) is 0.886. The fourth-order valence-corrected chi connectivity index (χ4v) is 1.80. The van der Waals surface area contributed by atoms with Gasteiger partial charge in [-0.15, -0.1) is 24.8 Å². The van der Waals surface area contributed by atoms with Crippen molar-refractivity contribution in [2.75, 3.05) is 13.1 Å².